The minimum absolute atomic E-state index is 0.0748. The molecule has 22 rings (SSSR count). The Bertz CT molecular complexity index is 7050. The van der Waals surface area contributed by atoms with E-state index in [1.165, 1.54) is 65.5 Å². The summed E-state index contributed by atoms with van der Waals surface area (Å²) in [7, 11) is 0. The molecule has 0 aliphatic carbocycles. The van der Waals surface area contributed by atoms with Gasteiger partial charge in [-0.25, -0.2) is 0 Å². The summed E-state index contributed by atoms with van der Waals surface area (Å²) in [6.07, 6.45) is 0. The minimum atomic E-state index is -0.303. The van der Waals surface area contributed by atoms with Crippen molar-refractivity contribution in [2.24, 2.45) is 0 Å². The quantitative estimate of drug-likeness (QED) is 0.114. The van der Waals surface area contributed by atoms with Crippen LogP contribution in [0.1, 0.15) is 52.7 Å². The summed E-state index contributed by atoms with van der Waals surface area (Å²) >= 11 is 0. The zero-order valence-electron chi connectivity index (χ0n) is 66.3. The number of fused-ring (bicyclic) bond motifs is 13. The fraction of sp³-hybridized carbons (Fsp3) is 0.0727. The molecule has 0 fully saturated rings. The van der Waals surface area contributed by atoms with Crippen LogP contribution in [-0.2, 0) is 10.8 Å². The predicted octanol–water partition coefficient (Wildman–Crippen LogP) is 27.8. The van der Waals surface area contributed by atoms with E-state index in [0.717, 1.165) is 140 Å². The molecule has 0 saturated carbocycles. The average molecular weight is 1500 g/mol. The average Bonchev–Trinajstić information content (AvgIpc) is 1.04. The maximum absolute atomic E-state index is 2.70. The highest BCUT2D eigenvalue weighted by Crippen LogP contribution is 2.54. The number of hydrogen-bond acceptors (Lipinski definition) is 3. The van der Waals surface area contributed by atoms with Crippen molar-refractivity contribution < 1.29 is 0 Å². The molecule has 0 unspecified atom stereocenters. The van der Waals surface area contributed by atoms with Gasteiger partial charge in [0.2, 0.25) is 0 Å². The van der Waals surface area contributed by atoms with Gasteiger partial charge in [-0.2, -0.15) is 0 Å². The summed E-state index contributed by atoms with van der Waals surface area (Å²) in [6, 6.07) is 148. The second-order valence-electron chi connectivity index (χ2n) is 33.7. The molecule has 0 radical (unpaired) electrons. The molecule has 6 nitrogen and oxygen atoms in total. The first-order valence-corrected chi connectivity index (χ1v) is 40.9. The van der Waals surface area contributed by atoms with Crippen LogP contribution < -0.4 is 31.1 Å². The Morgan fingerprint density at radius 1 is 0.231 bits per heavy atom. The lowest BCUT2D eigenvalue weighted by atomic mass is 9.33. The molecule has 17 aromatic carbocycles. The molecule has 2 aliphatic rings. The number of hydrogen-bond donors (Lipinski definition) is 0. The fourth-order valence-electron chi connectivity index (χ4n) is 19.1. The molecule has 0 N–H and O–H groups in total. The molecule has 556 valence electrons. The van der Waals surface area contributed by atoms with Crippen LogP contribution in [0.3, 0.4) is 0 Å². The first-order valence-electron chi connectivity index (χ1n) is 40.9. The third-order valence-corrected chi connectivity index (χ3v) is 24.6. The van der Waals surface area contributed by atoms with Gasteiger partial charge < -0.3 is 28.4 Å². The Morgan fingerprint density at radius 3 is 1.04 bits per heavy atom. The zero-order chi connectivity index (χ0) is 78.4. The molecule has 0 spiro atoms. The first-order chi connectivity index (χ1) is 57.3. The fourth-order valence-corrected chi connectivity index (χ4v) is 19.1. The van der Waals surface area contributed by atoms with E-state index in [2.05, 4.69) is 464 Å². The van der Waals surface area contributed by atoms with Crippen molar-refractivity contribution in [3.8, 4) is 61.6 Å². The SMILES string of the molecule is CC(C)(C)c1ccc2c(c1)c1cc(C(C)(C)C)ccc1n2-c1ccc2c(c1)N(c1cc(-c3ccccc3)cc(-c3ccccc3)c1)c1cc(-n3c4ccccc4c4ccccc43)cc3c1B2c1ccc(-n2c4ccccc4c4cc(N(c5ccccc5)c5ccccc5)ccc42)cc1N3c1c(-c2ccccc2)cccc1-c1ccccc1. The van der Waals surface area contributed by atoms with Crippen molar-refractivity contribution in [3.63, 3.8) is 0 Å². The molecular weight excluding hydrogens is 1420 g/mol. The molecular formula is C110H83BN6. The normalized spacial score (nSPS) is 12.6. The van der Waals surface area contributed by atoms with Gasteiger partial charge in [0.15, 0.2) is 0 Å². The summed E-state index contributed by atoms with van der Waals surface area (Å²) < 4.78 is 7.62. The summed E-state index contributed by atoms with van der Waals surface area (Å²) in [4.78, 5) is 7.73. The smallest absolute Gasteiger partial charge is 0.252 e. The lowest BCUT2D eigenvalue weighted by Gasteiger charge is -2.45. The van der Waals surface area contributed by atoms with Gasteiger partial charge in [0, 0.05) is 100 Å². The van der Waals surface area contributed by atoms with Crippen molar-refractivity contribution in [1.82, 2.24) is 13.7 Å². The Balaban J connectivity index is 0.888. The molecule has 0 saturated heterocycles. The summed E-state index contributed by atoms with van der Waals surface area (Å²) in [5, 5.41) is 7.23. The lowest BCUT2D eigenvalue weighted by Crippen LogP contribution is -2.61. The molecule has 7 heteroatoms. The molecule has 0 atom stereocenters. The topological polar surface area (TPSA) is 24.5 Å². The molecule has 20 aromatic rings. The van der Waals surface area contributed by atoms with Gasteiger partial charge in [-0.1, -0.05) is 296 Å². The zero-order valence-corrected chi connectivity index (χ0v) is 66.3. The van der Waals surface area contributed by atoms with Crippen molar-refractivity contribution >= 4 is 140 Å². The largest absolute Gasteiger partial charge is 0.311 e. The van der Waals surface area contributed by atoms with Crippen molar-refractivity contribution in [2.75, 3.05) is 14.7 Å². The Kier molecular flexibility index (Phi) is 16.1. The monoisotopic (exact) mass is 1500 g/mol. The molecule has 0 bridgehead atoms. The van der Waals surface area contributed by atoms with Gasteiger partial charge in [-0.15, -0.1) is 0 Å². The highest BCUT2D eigenvalue weighted by Gasteiger charge is 2.46. The second kappa shape index (κ2) is 27.2. The predicted molar refractivity (Wildman–Crippen MR) is 497 cm³/mol. The van der Waals surface area contributed by atoms with Crippen LogP contribution in [0.5, 0.6) is 0 Å². The van der Waals surface area contributed by atoms with E-state index in [-0.39, 0.29) is 17.5 Å². The van der Waals surface area contributed by atoms with E-state index in [9.17, 15) is 0 Å². The highest BCUT2D eigenvalue weighted by atomic mass is 15.2. The van der Waals surface area contributed by atoms with E-state index in [4.69, 9.17) is 0 Å². The van der Waals surface area contributed by atoms with Crippen LogP contribution in [0.25, 0.3) is 127 Å². The third kappa shape index (κ3) is 11.4. The number of anilines is 9. The van der Waals surface area contributed by atoms with Crippen LogP contribution in [0.15, 0.2) is 394 Å². The van der Waals surface area contributed by atoms with Crippen LogP contribution in [-0.4, -0.2) is 20.4 Å². The van der Waals surface area contributed by atoms with Crippen LogP contribution in [0.2, 0.25) is 0 Å². The number of para-hydroxylation sites is 6. The molecule has 2 aliphatic heterocycles. The van der Waals surface area contributed by atoms with Gasteiger partial charge in [0.1, 0.15) is 0 Å². The molecule has 5 heterocycles. The van der Waals surface area contributed by atoms with Crippen molar-refractivity contribution in [3.05, 3.63) is 405 Å². The van der Waals surface area contributed by atoms with Crippen LogP contribution in [0.4, 0.5) is 51.2 Å². The number of benzene rings is 17. The summed E-state index contributed by atoms with van der Waals surface area (Å²) in [5.41, 5.74) is 34.9. The van der Waals surface area contributed by atoms with Crippen LogP contribution in [0, 0.1) is 0 Å². The van der Waals surface area contributed by atoms with Gasteiger partial charge in [-0.05, 0) is 211 Å². The van der Waals surface area contributed by atoms with Gasteiger partial charge >= 0.3 is 0 Å². The van der Waals surface area contributed by atoms with Crippen LogP contribution >= 0.6 is 0 Å². The second-order valence-corrected chi connectivity index (χ2v) is 33.7. The van der Waals surface area contributed by atoms with Gasteiger partial charge in [-0.3, -0.25) is 0 Å². The Labute approximate surface area is 683 Å². The third-order valence-electron chi connectivity index (χ3n) is 24.6. The van der Waals surface area contributed by atoms with Gasteiger partial charge in [0.05, 0.1) is 44.5 Å². The van der Waals surface area contributed by atoms with E-state index >= 15 is 0 Å². The minimum Gasteiger partial charge on any atom is -0.311 e. The Hall–Kier alpha value is -14.4. The van der Waals surface area contributed by atoms with E-state index < -0.39 is 0 Å². The summed E-state index contributed by atoms with van der Waals surface area (Å²) in [5.74, 6) is 0. The lowest BCUT2D eigenvalue weighted by molar-refractivity contribution is 0.590. The maximum atomic E-state index is 2.70. The number of nitrogens with zero attached hydrogens (tertiary/aromatic N) is 6. The molecule has 117 heavy (non-hydrogen) atoms. The van der Waals surface area contributed by atoms with E-state index in [1.807, 2.05) is 0 Å². The number of rotatable bonds is 12. The molecule has 0 amide bonds. The van der Waals surface area contributed by atoms with Crippen molar-refractivity contribution in [2.45, 2.75) is 52.4 Å². The Morgan fingerprint density at radius 2 is 0.590 bits per heavy atom. The highest BCUT2D eigenvalue weighted by molar-refractivity contribution is 7.00. The number of aromatic nitrogens is 3. The van der Waals surface area contributed by atoms with Gasteiger partial charge in [0.25, 0.3) is 6.71 Å². The standard InChI is InChI=1S/C110H83BN6/c1-109(2,3)78-52-59-100-92(65-78)93-66-79(110(4,5)6)53-60-101(93)114(100)83-54-57-95-103(68-83)116(85-63-76(72-32-13-7-14-33-72)62-77(64-85)73-34-15-8-16-35-73)105-70-86(115-97-49-28-25-44-89(97)90-45-26-29-50-98(90)115)71-106-107(105)111(95)96-58-55-84(69-104(96)117(106)108-87(74-36-17-9-18-37-74)47-31-48-88(108)75-38-19-10-20-39-75)113-99-51-30-27-46-91(99)94-67-82(56-61-102(94)113)112(80-40-21-11-22-41-80)81-42-23-12-24-43-81/h7-71H,1-6H3. The first kappa shape index (κ1) is 69.3. The molecule has 3 aromatic heterocycles. The summed E-state index contributed by atoms with van der Waals surface area (Å²) in [6.45, 7) is 13.7. The van der Waals surface area contributed by atoms with E-state index in [1.54, 1.807) is 0 Å². The van der Waals surface area contributed by atoms with E-state index in [0.29, 0.717) is 0 Å². The maximum Gasteiger partial charge on any atom is 0.252 e. The van der Waals surface area contributed by atoms with Crippen molar-refractivity contribution in [1.29, 1.82) is 0 Å².